The van der Waals surface area contributed by atoms with Gasteiger partial charge in [-0.25, -0.2) is 0 Å². The summed E-state index contributed by atoms with van der Waals surface area (Å²) in [5.41, 5.74) is 6.41. The van der Waals surface area contributed by atoms with Gasteiger partial charge in [0.25, 0.3) is 0 Å². The first-order chi connectivity index (χ1) is 6.57. The van der Waals surface area contributed by atoms with Crippen molar-refractivity contribution in [2.45, 2.75) is 38.6 Å². The summed E-state index contributed by atoms with van der Waals surface area (Å²) in [5.74, 6) is 0. The number of hydrogen-bond acceptors (Lipinski definition) is 2. The molecule has 1 nitrogen and oxygen atoms in total. The van der Waals surface area contributed by atoms with Crippen LogP contribution in [0.15, 0.2) is 15.9 Å². The van der Waals surface area contributed by atoms with Crippen LogP contribution in [0.3, 0.4) is 0 Å². The minimum absolute atomic E-state index is 0.434. The highest BCUT2D eigenvalue weighted by atomic mass is 79.9. The fourth-order valence-corrected chi connectivity index (χ4v) is 4.07. The van der Waals surface area contributed by atoms with E-state index in [1.807, 2.05) is 11.3 Å². The van der Waals surface area contributed by atoms with E-state index < -0.39 is 0 Å². The van der Waals surface area contributed by atoms with Crippen molar-refractivity contribution >= 4 is 27.3 Å². The van der Waals surface area contributed by atoms with Gasteiger partial charge in [0, 0.05) is 20.8 Å². The number of thiophene rings is 1. The summed E-state index contributed by atoms with van der Waals surface area (Å²) in [6.45, 7) is 2.37. The van der Waals surface area contributed by atoms with Crippen LogP contribution in [0.2, 0.25) is 0 Å². The molecule has 2 rings (SSSR count). The van der Waals surface area contributed by atoms with Crippen molar-refractivity contribution in [1.82, 2.24) is 0 Å². The second-order valence-corrected chi connectivity index (χ2v) is 6.63. The molecule has 2 N–H and O–H groups in total. The molecule has 1 saturated carbocycles. The maximum Gasteiger partial charge on any atom is 0.0285 e. The van der Waals surface area contributed by atoms with Gasteiger partial charge < -0.3 is 5.73 Å². The molecule has 1 aromatic rings. The number of halogens is 1. The Morgan fingerprint density at radius 3 is 3.00 bits per heavy atom. The largest absolute Gasteiger partial charge is 0.328 e. The third-order valence-electron chi connectivity index (χ3n) is 3.10. The topological polar surface area (TPSA) is 26.0 Å². The number of hydrogen-bond donors (Lipinski definition) is 1. The van der Waals surface area contributed by atoms with E-state index in [2.05, 4.69) is 34.3 Å². The average molecular weight is 274 g/mol. The van der Waals surface area contributed by atoms with Crippen molar-refractivity contribution in [1.29, 1.82) is 0 Å². The van der Waals surface area contributed by atoms with E-state index in [1.165, 1.54) is 35.0 Å². The predicted octanol–water partition coefficient (Wildman–Crippen LogP) is 3.57. The zero-order chi connectivity index (χ0) is 10.2. The lowest BCUT2D eigenvalue weighted by atomic mass is 9.84. The molecule has 0 spiro atoms. The van der Waals surface area contributed by atoms with Crippen molar-refractivity contribution in [3.8, 4) is 0 Å². The van der Waals surface area contributed by atoms with Gasteiger partial charge in [-0.05, 0) is 53.1 Å². The molecule has 14 heavy (non-hydrogen) atoms. The summed E-state index contributed by atoms with van der Waals surface area (Å²) in [4.78, 5) is 1.48. The highest BCUT2D eigenvalue weighted by Crippen LogP contribution is 2.41. The van der Waals surface area contributed by atoms with Crippen LogP contribution in [-0.2, 0) is 6.42 Å². The molecule has 3 heteroatoms. The Morgan fingerprint density at radius 2 is 2.50 bits per heavy atom. The molecule has 0 aliphatic heterocycles. The van der Waals surface area contributed by atoms with E-state index in [4.69, 9.17) is 5.73 Å². The van der Waals surface area contributed by atoms with E-state index in [9.17, 15) is 0 Å². The van der Waals surface area contributed by atoms with Crippen LogP contribution in [-0.4, -0.2) is 6.04 Å². The summed E-state index contributed by atoms with van der Waals surface area (Å²) in [6.07, 6.45) is 4.85. The normalized spacial score (nSPS) is 32.4. The Labute approximate surface area is 97.8 Å². The lowest BCUT2D eigenvalue weighted by Crippen LogP contribution is -2.20. The number of nitrogens with two attached hydrogens (primary N) is 1. The van der Waals surface area contributed by atoms with E-state index in [1.54, 1.807) is 0 Å². The van der Waals surface area contributed by atoms with Crippen molar-refractivity contribution in [3.63, 3.8) is 0 Å². The highest BCUT2D eigenvalue weighted by molar-refractivity contribution is 9.10. The average Bonchev–Trinajstić information content (AvgIpc) is 2.60. The van der Waals surface area contributed by atoms with Crippen LogP contribution in [0.4, 0.5) is 0 Å². The smallest absolute Gasteiger partial charge is 0.0285 e. The zero-order valence-corrected chi connectivity index (χ0v) is 10.8. The van der Waals surface area contributed by atoms with Gasteiger partial charge in [0.05, 0.1) is 0 Å². The molecule has 2 unspecified atom stereocenters. The van der Waals surface area contributed by atoms with Crippen molar-refractivity contribution in [3.05, 3.63) is 20.8 Å². The van der Waals surface area contributed by atoms with Gasteiger partial charge in [0.2, 0.25) is 0 Å². The van der Waals surface area contributed by atoms with Crippen LogP contribution >= 0.6 is 27.3 Å². The molecule has 1 aromatic heterocycles. The lowest BCUT2D eigenvalue weighted by Gasteiger charge is -2.22. The zero-order valence-electron chi connectivity index (χ0n) is 8.42. The molecule has 78 valence electrons. The molecule has 1 aliphatic carbocycles. The van der Waals surface area contributed by atoms with Crippen LogP contribution < -0.4 is 5.73 Å². The molecule has 2 atom stereocenters. The summed E-state index contributed by atoms with van der Waals surface area (Å²) in [6, 6.07) is 2.67. The molecule has 0 aromatic carbocycles. The molecule has 1 aliphatic rings. The van der Waals surface area contributed by atoms with Crippen molar-refractivity contribution in [2.75, 3.05) is 0 Å². The fourth-order valence-electron chi connectivity index (χ4n) is 2.40. The van der Waals surface area contributed by atoms with E-state index in [0.29, 0.717) is 11.5 Å². The second-order valence-electron chi connectivity index (χ2n) is 4.72. The summed E-state index contributed by atoms with van der Waals surface area (Å²) >= 11 is 5.35. The Morgan fingerprint density at radius 1 is 1.71 bits per heavy atom. The third kappa shape index (κ3) is 2.38. The summed E-state index contributed by atoms with van der Waals surface area (Å²) in [5, 5.41) is 2.16. The summed E-state index contributed by atoms with van der Waals surface area (Å²) < 4.78 is 1.21. The first-order valence-corrected chi connectivity index (χ1v) is 6.73. The van der Waals surface area contributed by atoms with Gasteiger partial charge in [-0.15, -0.1) is 11.3 Å². The van der Waals surface area contributed by atoms with E-state index in [-0.39, 0.29) is 0 Å². The van der Waals surface area contributed by atoms with Gasteiger partial charge in [0.1, 0.15) is 0 Å². The fraction of sp³-hybridized carbons (Fsp3) is 0.636. The van der Waals surface area contributed by atoms with Crippen LogP contribution in [0.5, 0.6) is 0 Å². The Kier molecular flexibility index (Phi) is 3.01. The highest BCUT2D eigenvalue weighted by Gasteiger charge is 2.33. The maximum atomic E-state index is 5.96. The Bertz CT molecular complexity index is 323. The monoisotopic (exact) mass is 273 g/mol. The second kappa shape index (κ2) is 3.95. The predicted molar refractivity (Wildman–Crippen MR) is 65.7 cm³/mol. The lowest BCUT2D eigenvalue weighted by molar-refractivity contribution is 0.332. The Balaban J connectivity index is 2.03. The van der Waals surface area contributed by atoms with Crippen LogP contribution in [0.1, 0.15) is 31.1 Å². The van der Waals surface area contributed by atoms with Gasteiger partial charge in [-0.1, -0.05) is 6.92 Å². The van der Waals surface area contributed by atoms with Crippen molar-refractivity contribution in [2.24, 2.45) is 11.1 Å². The quantitative estimate of drug-likeness (QED) is 0.876. The van der Waals surface area contributed by atoms with Crippen molar-refractivity contribution < 1.29 is 0 Å². The Hall–Kier alpha value is 0.140. The van der Waals surface area contributed by atoms with Crippen LogP contribution in [0.25, 0.3) is 0 Å². The molecular weight excluding hydrogens is 258 g/mol. The summed E-state index contributed by atoms with van der Waals surface area (Å²) in [7, 11) is 0. The van der Waals surface area contributed by atoms with E-state index >= 15 is 0 Å². The van der Waals surface area contributed by atoms with Gasteiger partial charge in [0.15, 0.2) is 0 Å². The van der Waals surface area contributed by atoms with Crippen LogP contribution in [0, 0.1) is 5.41 Å². The molecule has 1 heterocycles. The first-order valence-electron chi connectivity index (χ1n) is 5.06. The van der Waals surface area contributed by atoms with Gasteiger partial charge in [-0.3, -0.25) is 0 Å². The molecule has 0 radical (unpaired) electrons. The third-order valence-corrected chi connectivity index (χ3v) is 4.79. The molecular formula is C11H16BrNS. The standard InChI is InChI=1S/C11H16BrNS/c1-11(3-2-9(13)5-11)6-10-4-8(12)7-14-10/h4,7,9H,2-3,5-6,13H2,1H3. The van der Waals surface area contributed by atoms with Gasteiger partial charge >= 0.3 is 0 Å². The minimum atomic E-state index is 0.434. The molecule has 1 fully saturated rings. The maximum absolute atomic E-state index is 5.96. The number of rotatable bonds is 2. The molecule has 0 saturated heterocycles. The minimum Gasteiger partial charge on any atom is -0.328 e. The molecule has 0 amide bonds. The van der Waals surface area contributed by atoms with E-state index in [0.717, 1.165) is 0 Å². The van der Waals surface area contributed by atoms with Gasteiger partial charge in [-0.2, -0.15) is 0 Å². The molecule has 0 bridgehead atoms. The first kappa shape index (κ1) is 10.7. The SMILES string of the molecule is CC1(Cc2cc(Br)cs2)CCC(N)C1.